The van der Waals surface area contributed by atoms with Crippen LogP contribution in [-0.4, -0.2) is 25.7 Å². The van der Waals surface area contributed by atoms with E-state index < -0.39 is 5.41 Å². The molecule has 3 aromatic heterocycles. The average Bonchev–Trinajstić information content (AvgIpc) is 3.72. The Bertz CT molecular complexity index is 1720. The van der Waals surface area contributed by atoms with E-state index in [9.17, 15) is 10.1 Å². The van der Waals surface area contributed by atoms with Gasteiger partial charge in [-0.3, -0.25) is 19.4 Å². The zero-order valence-electron chi connectivity index (χ0n) is 21.0. The zero-order valence-corrected chi connectivity index (χ0v) is 21.0. The number of rotatable bonds is 5. The lowest BCUT2D eigenvalue weighted by molar-refractivity contribution is -0.117. The van der Waals surface area contributed by atoms with Gasteiger partial charge < -0.3 is 5.32 Å². The number of aryl methyl sites for hydroxylation is 1. The van der Waals surface area contributed by atoms with Gasteiger partial charge in [-0.1, -0.05) is 30.3 Å². The first kappa shape index (κ1) is 22.9. The molecule has 7 nitrogen and oxygen atoms in total. The summed E-state index contributed by atoms with van der Waals surface area (Å²) in [6.07, 6.45) is 7.26. The molecule has 2 aromatic carbocycles. The summed E-state index contributed by atoms with van der Waals surface area (Å²) in [4.78, 5) is 21.3. The van der Waals surface area contributed by atoms with E-state index in [1.54, 1.807) is 12.4 Å². The van der Waals surface area contributed by atoms with Gasteiger partial charge in [-0.2, -0.15) is 10.4 Å². The normalized spacial score (nSPS) is 13.6. The fraction of sp³-hybridized carbons (Fsp3) is 0.233. The molecule has 0 atom stereocenters. The summed E-state index contributed by atoms with van der Waals surface area (Å²) < 4.78 is 1.85. The van der Waals surface area contributed by atoms with Crippen LogP contribution in [0.3, 0.4) is 0 Å². The number of carbonyl (C=O) groups is 1. The molecule has 1 aliphatic rings. The van der Waals surface area contributed by atoms with Gasteiger partial charge in [0.15, 0.2) is 0 Å². The quantitative estimate of drug-likeness (QED) is 0.329. The van der Waals surface area contributed by atoms with Crippen molar-refractivity contribution >= 4 is 33.4 Å². The summed E-state index contributed by atoms with van der Waals surface area (Å²) in [7, 11) is 1.92. The van der Waals surface area contributed by atoms with E-state index in [0.29, 0.717) is 5.69 Å². The summed E-state index contributed by atoms with van der Waals surface area (Å²) >= 11 is 0. The minimum atomic E-state index is -0.559. The molecule has 3 heterocycles. The summed E-state index contributed by atoms with van der Waals surface area (Å²) in [5, 5.41) is 19.4. The van der Waals surface area contributed by atoms with Crippen LogP contribution in [0.4, 0.5) is 5.69 Å². The maximum atomic E-state index is 12.2. The minimum absolute atomic E-state index is 0.0625. The highest BCUT2D eigenvalue weighted by Gasteiger charge is 2.29. The molecule has 0 aliphatic heterocycles. The van der Waals surface area contributed by atoms with Crippen LogP contribution in [0.25, 0.3) is 44.2 Å². The number of carbonyl (C=O) groups excluding carboxylic acids is 1. The SMILES string of the molecule is Cn1nc(-c2ccc(C(C)(C)C#N)cc2)c2c3cc(-c4cncc(NC(=O)C5CC5)c4)ccc3ncc21. The molecule has 5 aromatic rings. The second kappa shape index (κ2) is 8.52. The van der Waals surface area contributed by atoms with E-state index in [-0.39, 0.29) is 11.8 Å². The van der Waals surface area contributed by atoms with Gasteiger partial charge in [0.2, 0.25) is 5.91 Å². The highest BCUT2D eigenvalue weighted by atomic mass is 16.2. The Hall–Kier alpha value is -4.57. The standard InChI is InChI=1S/C30H26N6O/c1-30(2,17-31)22-9-6-18(7-10-22)28-27-24-13-20(8-11-25(24)33-16-26(27)36(3)35-28)21-12-23(15-32-14-21)34-29(37)19-4-5-19/h6-16,19H,4-5H2,1-3H3,(H,34,37). The van der Waals surface area contributed by atoms with E-state index in [2.05, 4.69) is 27.4 Å². The fourth-order valence-corrected chi connectivity index (χ4v) is 4.68. The van der Waals surface area contributed by atoms with Gasteiger partial charge in [0.05, 0.1) is 40.6 Å². The van der Waals surface area contributed by atoms with Gasteiger partial charge in [0, 0.05) is 41.1 Å². The molecule has 1 aliphatic carbocycles. The maximum Gasteiger partial charge on any atom is 0.227 e. The Morgan fingerprint density at radius 3 is 2.51 bits per heavy atom. The van der Waals surface area contributed by atoms with Crippen LogP contribution in [0.15, 0.2) is 67.1 Å². The van der Waals surface area contributed by atoms with E-state index >= 15 is 0 Å². The van der Waals surface area contributed by atoms with E-state index in [4.69, 9.17) is 5.10 Å². The molecule has 1 fully saturated rings. The van der Waals surface area contributed by atoms with Gasteiger partial charge in [-0.25, -0.2) is 0 Å². The van der Waals surface area contributed by atoms with E-state index in [0.717, 1.165) is 62.6 Å². The molecule has 0 saturated heterocycles. The van der Waals surface area contributed by atoms with Gasteiger partial charge in [-0.15, -0.1) is 0 Å². The van der Waals surface area contributed by atoms with Crippen molar-refractivity contribution in [2.75, 3.05) is 5.32 Å². The second-order valence-corrected chi connectivity index (χ2v) is 10.3. The lowest BCUT2D eigenvalue weighted by Crippen LogP contribution is -2.13. The number of benzene rings is 2. The number of fused-ring (bicyclic) bond motifs is 3. The number of nitrogens with zero attached hydrogens (tertiary/aromatic N) is 5. The summed E-state index contributed by atoms with van der Waals surface area (Å²) in [6.45, 7) is 3.83. The zero-order chi connectivity index (χ0) is 25.7. The average molecular weight is 487 g/mol. The number of hydrogen-bond acceptors (Lipinski definition) is 5. The first-order valence-corrected chi connectivity index (χ1v) is 12.4. The second-order valence-electron chi connectivity index (χ2n) is 10.3. The lowest BCUT2D eigenvalue weighted by Gasteiger charge is -2.15. The first-order valence-electron chi connectivity index (χ1n) is 12.4. The topological polar surface area (TPSA) is 96.5 Å². The molecule has 0 radical (unpaired) electrons. The molecular weight excluding hydrogens is 460 g/mol. The molecule has 6 rings (SSSR count). The number of pyridine rings is 2. The molecule has 37 heavy (non-hydrogen) atoms. The number of nitrogens with one attached hydrogen (secondary N) is 1. The van der Waals surface area contributed by atoms with Crippen molar-refractivity contribution in [1.29, 1.82) is 5.26 Å². The highest BCUT2D eigenvalue weighted by Crippen LogP contribution is 2.36. The lowest BCUT2D eigenvalue weighted by atomic mass is 9.86. The number of amides is 1. The van der Waals surface area contributed by atoms with Crippen LogP contribution in [0.1, 0.15) is 32.3 Å². The van der Waals surface area contributed by atoms with Crippen LogP contribution in [-0.2, 0) is 17.3 Å². The van der Waals surface area contributed by atoms with Crippen LogP contribution in [0, 0.1) is 17.2 Å². The van der Waals surface area contributed by atoms with Crippen molar-refractivity contribution < 1.29 is 4.79 Å². The summed E-state index contributed by atoms with van der Waals surface area (Å²) in [5.74, 6) is 0.195. The molecule has 0 unspecified atom stereocenters. The molecule has 1 N–H and O–H groups in total. The van der Waals surface area contributed by atoms with Crippen molar-refractivity contribution in [3.63, 3.8) is 0 Å². The summed E-state index contributed by atoms with van der Waals surface area (Å²) in [5.41, 5.74) is 6.67. The Kier molecular flexibility index (Phi) is 5.27. The van der Waals surface area contributed by atoms with E-state index in [1.807, 2.05) is 74.2 Å². The monoisotopic (exact) mass is 486 g/mol. The van der Waals surface area contributed by atoms with Crippen molar-refractivity contribution in [3.05, 3.63) is 72.7 Å². The Morgan fingerprint density at radius 1 is 1.03 bits per heavy atom. The van der Waals surface area contributed by atoms with Crippen molar-refractivity contribution in [2.24, 2.45) is 13.0 Å². The molecule has 182 valence electrons. The Morgan fingerprint density at radius 2 is 1.78 bits per heavy atom. The number of anilines is 1. The van der Waals surface area contributed by atoms with Gasteiger partial charge in [-0.05, 0) is 56.0 Å². The molecule has 1 amide bonds. The first-order chi connectivity index (χ1) is 17.8. The smallest absolute Gasteiger partial charge is 0.227 e. The van der Waals surface area contributed by atoms with Gasteiger partial charge >= 0.3 is 0 Å². The molecule has 0 bridgehead atoms. The Balaban J connectivity index is 1.46. The summed E-state index contributed by atoms with van der Waals surface area (Å²) in [6, 6.07) is 18.5. The van der Waals surface area contributed by atoms with Crippen LogP contribution in [0.5, 0.6) is 0 Å². The predicted octanol–water partition coefficient (Wildman–Crippen LogP) is 6.00. The Labute approximate surface area is 214 Å². The third kappa shape index (κ3) is 4.11. The number of nitriles is 1. The molecule has 0 spiro atoms. The molecule has 1 saturated carbocycles. The van der Waals surface area contributed by atoms with E-state index in [1.165, 1.54) is 0 Å². The maximum absolute atomic E-state index is 12.2. The third-order valence-electron chi connectivity index (χ3n) is 7.13. The fourth-order valence-electron chi connectivity index (χ4n) is 4.68. The van der Waals surface area contributed by atoms with Crippen LogP contribution >= 0.6 is 0 Å². The van der Waals surface area contributed by atoms with Crippen molar-refractivity contribution in [1.82, 2.24) is 19.7 Å². The van der Waals surface area contributed by atoms with Crippen LogP contribution < -0.4 is 5.32 Å². The minimum Gasteiger partial charge on any atom is -0.324 e. The number of aromatic nitrogens is 4. The van der Waals surface area contributed by atoms with Crippen LogP contribution in [0.2, 0.25) is 0 Å². The van der Waals surface area contributed by atoms with Gasteiger partial charge in [0.25, 0.3) is 0 Å². The van der Waals surface area contributed by atoms with Crippen molar-refractivity contribution in [2.45, 2.75) is 32.1 Å². The highest BCUT2D eigenvalue weighted by molar-refractivity contribution is 6.12. The predicted molar refractivity (Wildman–Crippen MR) is 145 cm³/mol. The number of hydrogen-bond donors (Lipinski definition) is 1. The molecule has 7 heteroatoms. The third-order valence-corrected chi connectivity index (χ3v) is 7.13. The van der Waals surface area contributed by atoms with Crippen molar-refractivity contribution in [3.8, 4) is 28.5 Å². The van der Waals surface area contributed by atoms with Gasteiger partial charge in [0.1, 0.15) is 5.69 Å². The largest absolute Gasteiger partial charge is 0.324 e. The molecular formula is C30H26N6O.